The number of nitrogens with one attached hydrogen (secondary N) is 2. The Labute approximate surface area is 111 Å². The molecule has 0 aliphatic heterocycles. The second-order valence-corrected chi connectivity index (χ2v) is 3.79. The average Bonchev–Trinajstić information content (AvgIpc) is 2.43. The molecule has 0 saturated heterocycles. The lowest BCUT2D eigenvalue weighted by atomic mass is 10.2. The van der Waals surface area contributed by atoms with Crippen LogP contribution in [0, 0.1) is 0 Å². The van der Waals surface area contributed by atoms with Gasteiger partial charge in [-0.25, -0.2) is 4.79 Å². The van der Waals surface area contributed by atoms with Gasteiger partial charge in [0.1, 0.15) is 6.42 Å². The van der Waals surface area contributed by atoms with Crippen molar-refractivity contribution >= 4 is 17.8 Å². The van der Waals surface area contributed by atoms with Crippen molar-refractivity contribution in [2.75, 3.05) is 0 Å². The van der Waals surface area contributed by atoms with Crippen LogP contribution in [0.15, 0.2) is 30.3 Å². The second-order valence-electron chi connectivity index (χ2n) is 3.79. The lowest BCUT2D eigenvalue weighted by Gasteiger charge is -2.06. The van der Waals surface area contributed by atoms with Crippen LogP contribution in [0.1, 0.15) is 25.3 Å². The summed E-state index contributed by atoms with van der Waals surface area (Å²) in [5.41, 5.74) is 2.88. The van der Waals surface area contributed by atoms with E-state index in [1.54, 1.807) is 6.92 Å². The quantitative estimate of drug-likeness (QED) is 0.605. The lowest BCUT2D eigenvalue weighted by Crippen LogP contribution is -2.30. The number of hydroxylamine groups is 1. The van der Waals surface area contributed by atoms with E-state index in [1.807, 2.05) is 35.8 Å². The summed E-state index contributed by atoms with van der Waals surface area (Å²) in [4.78, 5) is 37.8. The van der Waals surface area contributed by atoms with Crippen molar-refractivity contribution < 1.29 is 19.2 Å². The maximum Gasteiger partial charge on any atom is 0.341 e. The van der Waals surface area contributed by atoms with Crippen LogP contribution >= 0.6 is 0 Å². The first-order chi connectivity index (χ1) is 9.11. The van der Waals surface area contributed by atoms with Gasteiger partial charge in [-0.05, 0) is 5.56 Å². The number of hydrogen-bond acceptors (Lipinski definition) is 4. The van der Waals surface area contributed by atoms with Crippen LogP contribution in [0.25, 0.3) is 0 Å². The zero-order chi connectivity index (χ0) is 14.1. The van der Waals surface area contributed by atoms with E-state index in [4.69, 9.17) is 0 Å². The van der Waals surface area contributed by atoms with E-state index < -0.39 is 24.2 Å². The SMILES string of the molecule is CCC(=O)NOC(=O)CC(=O)NCc1ccccc1. The Morgan fingerprint density at radius 2 is 1.79 bits per heavy atom. The number of rotatable bonds is 5. The third-order valence-corrected chi connectivity index (χ3v) is 2.24. The van der Waals surface area contributed by atoms with Gasteiger partial charge in [-0.15, -0.1) is 0 Å². The molecule has 0 saturated carbocycles. The fraction of sp³-hybridized carbons (Fsp3) is 0.308. The predicted octanol–water partition coefficient (Wildman–Crippen LogP) is 0.677. The van der Waals surface area contributed by atoms with Crippen LogP contribution in [-0.4, -0.2) is 17.8 Å². The highest BCUT2D eigenvalue weighted by atomic mass is 16.7. The van der Waals surface area contributed by atoms with Gasteiger partial charge in [0.05, 0.1) is 0 Å². The largest absolute Gasteiger partial charge is 0.352 e. The number of hydrogen-bond donors (Lipinski definition) is 2. The molecule has 0 atom stereocenters. The fourth-order valence-electron chi connectivity index (χ4n) is 1.21. The summed E-state index contributed by atoms with van der Waals surface area (Å²) in [5.74, 6) is -1.68. The molecule has 2 amide bonds. The maximum atomic E-state index is 11.4. The molecule has 0 fully saturated rings. The third-order valence-electron chi connectivity index (χ3n) is 2.24. The fourth-order valence-corrected chi connectivity index (χ4v) is 1.21. The first-order valence-electron chi connectivity index (χ1n) is 5.91. The molecule has 19 heavy (non-hydrogen) atoms. The molecule has 1 aromatic carbocycles. The van der Waals surface area contributed by atoms with Crippen molar-refractivity contribution in [1.82, 2.24) is 10.8 Å². The summed E-state index contributed by atoms with van der Waals surface area (Å²) in [6, 6.07) is 9.31. The van der Waals surface area contributed by atoms with Gasteiger partial charge in [-0.1, -0.05) is 37.3 Å². The minimum absolute atomic E-state index is 0.202. The molecular formula is C13H16N2O4. The van der Waals surface area contributed by atoms with Gasteiger partial charge in [0.25, 0.3) is 5.91 Å². The molecule has 0 aromatic heterocycles. The number of carbonyl (C=O) groups is 3. The van der Waals surface area contributed by atoms with Crippen molar-refractivity contribution in [3.8, 4) is 0 Å². The van der Waals surface area contributed by atoms with Crippen LogP contribution in [-0.2, 0) is 25.8 Å². The van der Waals surface area contributed by atoms with Gasteiger partial charge in [0.15, 0.2) is 0 Å². The molecule has 0 heterocycles. The summed E-state index contributed by atoms with van der Waals surface area (Å²) in [7, 11) is 0. The van der Waals surface area contributed by atoms with Gasteiger partial charge in [0, 0.05) is 13.0 Å². The van der Waals surface area contributed by atoms with Crippen LogP contribution in [0.3, 0.4) is 0 Å². The monoisotopic (exact) mass is 264 g/mol. The summed E-state index contributed by atoms with van der Waals surface area (Å²) < 4.78 is 0. The van der Waals surface area contributed by atoms with E-state index in [0.29, 0.717) is 6.54 Å². The maximum absolute atomic E-state index is 11.4. The molecular weight excluding hydrogens is 248 g/mol. The Kier molecular flexibility index (Phi) is 6.08. The van der Waals surface area contributed by atoms with Crippen molar-refractivity contribution in [2.45, 2.75) is 26.3 Å². The molecule has 1 aromatic rings. The van der Waals surface area contributed by atoms with Crippen LogP contribution in [0.2, 0.25) is 0 Å². The van der Waals surface area contributed by atoms with E-state index in [1.165, 1.54) is 0 Å². The molecule has 0 unspecified atom stereocenters. The zero-order valence-electron chi connectivity index (χ0n) is 10.6. The Bertz CT molecular complexity index is 445. The standard InChI is InChI=1S/C13H16N2O4/c1-2-11(16)15-19-13(18)8-12(17)14-9-10-6-4-3-5-7-10/h3-7H,2,8-9H2,1H3,(H,14,17)(H,15,16). The normalized spacial score (nSPS) is 9.53. The first-order valence-corrected chi connectivity index (χ1v) is 5.91. The molecule has 1 rings (SSSR count). The molecule has 2 N–H and O–H groups in total. The first kappa shape index (κ1) is 14.7. The molecule has 0 aliphatic carbocycles. The van der Waals surface area contributed by atoms with E-state index in [-0.39, 0.29) is 6.42 Å². The molecule has 0 spiro atoms. The number of carbonyl (C=O) groups excluding carboxylic acids is 3. The molecule has 0 aliphatic rings. The average molecular weight is 264 g/mol. The van der Waals surface area contributed by atoms with E-state index in [0.717, 1.165) is 5.56 Å². The molecule has 0 bridgehead atoms. The molecule has 0 radical (unpaired) electrons. The Morgan fingerprint density at radius 3 is 2.42 bits per heavy atom. The summed E-state index contributed by atoms with van der Waals surface area (Å²) in [6.45, 7) is 1.96. The smallest absolute Gasteiger partial charge is 0.341 e. The van der Waals surface area contributed by atoms with Crippen LogP contribution in [0.5, 0.6) is 0 Å². The van der Waals surface area contributed by atoms with Gasteiger partial charge < -0.3 is 10.2 Å². The summed E-state index contributed by atoms with van der Waals surface area (Å²) >= 11 is 0. The van der Waals surface area contributed by atoms with E-state index in [9.17, 15) is 14.4 Å². The van der Waals surface area contributed by atoms with Crippen molar-refractivity contribution in [3.05, 3.63) is 35.9 Å². The van der Waals surface area contributed by atoms with Crippen LogP contribution in [0.4, 0.5) is 0 Å². The lowest BCUT2D eigenvalue weighted by molar-refractivity contribution is -0.159. The van der Waals surface area contributed by atoms with Crippen molar-refractivity contribution in [2.24, 2.45) is 0 Å². The Morgan fingerprint density at radius 1 is 1.11 bits per heavy atom. The highest BCUT2D eigenvalue weighted by molar-refractivity contribution is 5.94. The van der Waals surface area contributed by atoms with Crippen molar-refractivity contribution in [1.29, 1.82) is 0 Å². The van der Waals surface area contributed by atoms with Gasteiger partial charge >= 0.3 is 5.97 Å². The van der Waals surface area contributed by atoms with Gasteiger partial charge in [-0.3, -0.25) is 9.59 Å². The van der Waals surface area contributed by atoms with Gasteiger partial charge in [0.2, 0.25) is 5.91 Å². The van der Waals surface area contributed by atoms with E-state index in [2.05, 4.69) is 10.2 Å². The topological polar surface area (TPSA) is 84.5 Å². The highest BCUT2D eigenvalue weighted by Gasteiger charge is 2.11. The summed E-state index contributed by atoms with van der Waals surface area (Å²) in [5, 5.41) is 2.58. The minimum Gasteiger partial charge on any atom is -0.352 e. The minimum atomic E-state index is -0.799. The molecule has 6 heteroatoms. The number of benzene rings is 1. The number of amides is 2. The third kappa shape index (κ3) is 6.21. The highest BCUT2D eigenvalue weighted by Crippen LogP contribution is 1.97. The Hall–Kier alpha value is -2.37. The zero-order valence-corrected chi connectivity index (χ0v) is 10.6. The Balaban J connectivity index is 2.24. The second kappa shape index (κ2) is 7.86. The summed E-state index contributed by atoms with van der Waals surface area (Å²) in [6.07, 6.45) is -0.232. The van der Waals surface area contributed by atoms with E-state index >= 15 is 0 Å². The molecule has 102 valence electrons. The van der Waals surface area contributed by atoms with Gasteiger partial charge in [-0.2, -0.15) is 5.48 Å². The van der Waals surface area contributed by atoms with Crippen LogP contribution < -0.4 is 10.8 Å². The predicted molar refractivity (Wildman–Crippen MR) is 67.4 cm³/mol. The van der Waals surface area contributed by atoms with Crippen molar-refractivity contribution in [3.63, 3.8) is 0 Å². The molecule has 6 nitrogen and oxygen atoms in total.